The summed E-state index contributed by atoms with van der Waals surface area (Å²) in [4.78, 5) is 0. The van der Waals surface area contributed by atoms with E-state index in [0.29, 0.717) is 34.2 Å². The van der Waals surface area contributed by atoms with Gasteiger partial charge in [-0.25, -0.2) is 0 Å². The average Bonchev–Trinajstić information content (AvgIpc) is 3.83. The molecule has 8 aliphatic rings. The summed E-state index contributed by atoms with van der Waals surface area (Å²) in [5, 5.41) is 8.89. The molecule has 0 aromatic heterocycles. The van der Waals surface area contributed by atoms with Gasteiger partial charge in [-0.2, -0.15) is 13.7 Å². The topological polar surface area (TPSA) is 67.2 Å². The van der Waals surface area contributed by atoms with Crippen LogP contribution in [0.4, 0.5) is 0 Å². The molecule has 0 heterocycles. The maximum atomic E-state index is 11.2. The van der Waals surface area contributed by atoms with Crippen molar-refractivity contribution in [2.24, 2.45) is 92.7 Å². The smallest absolute Gasteiger partial charge is 0.264 e. The second-order valence-electron chi connectivity index (χ2n) is 23.7. The van der Waals surface area contributed by atoms with Gasteiger partial charge >= 0.3 is 0 Å². The molecule has 0 N–H and O–H groups in total. The highest BCUT2D eigenvalue weighted by atomic mass is 33.3. The van der Waals surface area contributed by atoms with Gasteiger partial charge in [-0.1, -0.05) is 78.7 Å². The molecule has 14 heteroatoms. The Bertz CT molecular complexity index is 2070. The molecule has 0 aromatic carbocycles. The molecular weight excluding hydrogens is 1010 g/mol. The van der Waals surface area contributed by atoms with Crippen LogP contribution in [0.2, 0.25) is 0 Å². The van der Waals surface area contributed by atoms with Crippen LogP contribution in [0.5, 0.6) is 0 Å². The molecule has 0 aromatic rings. The summed E-state index contributed by atoms with van der Waals surface area (Å²) in [6.07, 6.45) is 34.1. The lowest BCUT2D eigenvalue weighted by molar-refractivity contribution is -0.0524. The third-order valence-corrected chi connectivity index (χ3v) is 27.6. The van der Waals surface area contributed by atoms with Crippen molar-refractivity contribution in [1.82, 2.24) is 0 Å². The van der Waals surface area contributed by atoms with Crippen LogP contribution in [0.15, 0.2) is 23.3 Å². The van der Waals surface area contributed by atoms with Crippen molar-refractivity contribution in [3.63, 3.8) is 0 Å². The number of fused-ring (bicyclic) bond motifs is 10. The Morgan fingerprint density at radius 3 is 1.48 bits per heavy atom. The summed E-state index contributed by atoms with van der Waals surface area (Å²) in [7, 11) is 2.98. The van der Waals surface area contributed by atoms with Gasteiger partial charge < -0.3 is 0 Å². The van der Waals surface area contributed by atoms with Gasteiger partial charge in [-0.15, -0.1) is 0 Å². The Labute approximate surface area is 438 Å². The SMILES string of the molecule is C[C@H]1CC[C@@]2(C)C(=CC[C@H]3[C@@H]4CC[C@H]([C@H](C)CCCC#N)[C@@]4(C)CC[C@@H]32)C1.C[C@H]1CC[C@@]2(C)C(=CC[C@H]3[C@@H]4CC[C@H]([C@H](C)CCCOS(C)(=O)=O)[C@@]4(C)CC[C@@H]32)C1.S=S=S=S.S=S=S=S=S. The molecule has 0 bridgehead atoms. The van der Waals surface area contributed by atoms with E-state index in [9.17, 15) is 8.42 Å². The van der Waals surface area contributed by atoms with Crippen molar-refractivity contribution < 1.29 is 12.6 Å². The molecule has 0 unspecified atom stereocenters. The monoisotopic (exact) mass is 1090 g/mol. The first-order chi connectivity index (χ1) is 31.3. The second kappa shape index (κ2) is 25.7. The van der Waals surface area contributed by atoms with Gasteiger partial charge in [0.05, 0.1) is 18.9 Å². The Balaban J connectivity index is 0.000000210. The standard InChI is InChI=1S/C26H41N.C26H44O3S.S5.S4/c1-18-12-14-25(3)20(17-18)8-9-21-23-11-10-22(19(2)7-5-6-16-27)26(23,4)15-13-24(21)25;1-18-12-14-25(3)20(17-18)8-9-21-23-11-10-22(26(23,4)15-13-24(21)25)19(2)7-6-16-29-30(5,27)28;1-3-5-4-2;1-3-4-2/h8,18-19,21-24H,5-7,9-15,17H2,1-4H3;8,18-19,21-24H,6-7,9-17H2,1-5H3;;/t2*18-,19+,21-,22+,23-,24-,25-,26+;;/m00../s1. The molecular formula is C52H85NO3S10. The van der Waals surface area contributed by atoms with Crippen molar-refractivity contribution in [3.8, 4) is 6.07 Å². The average molecular weight is 1090 g/mol. The van der Waals surface area contributed by atoms with Crippen LogP contribution in [0.1, 0.15) is 190 Å². The van der Waals surface area contributed by atoms with E-state index < -0.39 is 10.1 Å². The van der Waals surface area contributed by atoms with Crippen molar-refractivity contribution in [3.05, 3.63) is 23.3 Å². The van der Waals surface area contributed by atoms with Crippen LogP contribution in [-0.2, 0) is 103 Å². The van der Waals surface area contributed by atoms with Crippen LogP contribution in [0.3, 0.4) is 0 Å². The fourth-order valence-electron chi connectivity index (χ4n) is 17.2. The Morgan fingerprint density at radius 2 is 1.11 bits per heavy atom. The largest absolute Gasteiger partial charge is 0.270 e. The minimum atomic E-state index is -3.31. The summed E-state index contributed by atoms with van der Waals surface area (Å²) < 4.78 is 27.4. The number of nitriles is 1. The Hall–Kier alpha value is 0.860. The van der Waals surface area contributed by atoms with E-state index in [1.165, 1.54) is 154 Å². The van der Waals surface area contributed by atoms with E-state index in [-0.39, 0.29) is 0 Å². The second-order valence-corrected chi connectivity index (χ2v) is 34.2. The molecule has 376 valence electrons. The highest BCUT2D eigenvalue weighted by Crippen LogP contribution is 2.69. The van der Waals surface area contributed by atoms with E-state index >= 15 is 0 Å². The fourth-order valence-corrected chi connectivity index (χ4v) is 20.3. The van der Waals surface area contributed by atoms with Crippen molar-refractivity contribution >= 4 is 99.3 Å². The maximum Gasteiger partial charge on any atom is 0.264 e. The molecule has 66 heavy (non-hydrogen) atoms. The van der Waals surface area contributed by atoms with Gasteiger partial charge in [0.25, 0.3) is 10.1 Å². The summed E-state index contributed by atoms with van der Waals surface area (Å²) in [6, 6.07) is 2.34. The number of unbranched alkanes of at least 4 members (excludes halogenated alkanes) is 1. The van der Waals surface area contributed by atoms with Crippen molar-refractivity contribution in [2.45, 2.75) is 190 Å². The quantitative estimate of drug-likeness (QED) is 0.122. The minimum Gasteiger partial charge on any atom is -0.270 e. The van der Waals surface area contributed by atoms with E-state index in [1.54, 1.807) is 5.57 Å². The van der Waals surface area contributed by atoms with Gasteiger partial charge in [0.15, 0.2) is 0 Å². The fraction of sp³-hybridized carbons (Fsp3) is 0.904. The predicted molar refractivity (Wildman–Crippen MR) is 303 cm³/mol. The van der Waals surface area contributed by atoms with Crippen LogP contribution >= 0.6 is 0 Å². The normalized spacial score (nSPS) is 40.3. The first-order valence-electron chi connectivity index (χ1n) is 25.7. The van der Waals surface area contributed by atoms with Crippen LogP contribution in [0, 0.1) is 104 Å². The van der Waals surface area contributed by atoms with E-state index in [2.05, 4.69) is 118 Å². The summed E-state index contributed by atoms with van der Waals surface area (Å²) in [5.41, 5.74) is 5.68. The number of nitrogens with zero attached hydrogens (tertiary/aromatic N) is 1. The van der Waals surface area contributed by atoms with Crippen LogP contribution < -0.4 is 0 Å². The molecule has 0 saturated heterocycles. The van der Waals surface area contributed by atoms with Crippen LogP contribution in [-0.4, -0.2) is 21.3 Å². The molecule has 6 saturated carbocycles. The zero-order chi connectivity index (χ0) is 48.5. The zero-order valence-corrected chi connectivity index (χ0v) is 50.1. The lowest BCUT2D eigenvalue weighted by Gasteiger charge is -2.58. The van der Waals surface area contributed by atoms with Gasteiger partial charge in [0, 0.05) is 95.6 Å². The highest BCUT2D eigenvalue weighted by Gasteiger charge is 2.60. The maximum absolute atomic E-state index is 11.2. The van der Waals surface area contributed by atoms with E-state index in [0.717, 1.165) is 97.0 Å². The molecule has 16 atom stereocenters. The van der Waals surface area contributed by atoms with Gasteiger partial charge in [-0.05, 0) is 221 Å². The number of hydrogen-bond donors (Lipinski definition) is 0. The van der Waals surface area contributed by atoms with E-state index in [4.69, 9.17) is 9.44 Å². The molecule has 4 nitrogen and oxygen atoms in total. The summed E-state index contributed by atoms with van der Waals surface area (Å²) in [6.45, 7) is 20.7. The molecule has 0 amide bonds. The minimum absolute atomic E-state index is 0.338. The third-order valence-electron chi connectivity index (χ3n) is 20.4. The number of allylic oxidation sites excluding steroid dienone is 4. The van der Waals surface area contributed by atoms with Gasteiger partial charge in [0.1, 0.15) is 0 Å². The van der Waals surface area contributed by atoms with Gasteiger partial charge in [-0.3, -0.25) is 4.18 Å². The molecule has 8 aliphatic carbocycles. The summed E-state index contributed by atoms with van der Waals surface area (Å²) in [5.74, 6) is 10.4. The zero-order valence-electron chi connectivity index (χ0n) is 41.9. The summed E-state index contributed by atoms with van der Waals surface area (Å²) >= 11 is 17.5. The lowest BCUT2D eigenvalue weighted by Crippen LogP contribution is -2.50. The van der Waals surface area contributed by atoms with Crippen molar-refractivity contribution in [2.75, 3.05) is 12.9 Å². The number of hydrogen-bond acceptors (Lipinski definition) is 8. The molecule has 0 aliphatic heterocycles. The van der Waals surface area contributed by atoms with Crippen LogP contribution in [0.25, 0.3) is 0 Å². The molecule has 0 spiro atoms. The molecule has 0 radical (unpaired) electrons. The Kier molecular flexibility index (Phi) is 22.5. The lowest BCUT2D eigenvalue weighted by atomic mass is 9.46. The first-order valence-corrected chi connectivity index (χ1v) is 36.9. The first kappa shape index (κ1) is 57.8. The highest BCUT2D eigenvalue weighted by molar-refractivity contribution is 8.59. The molecule has 6 fully saturated rings. The third kappa shape index (κ3) is 13.3. The van der Waals surface area contributed by atoms with Crippen molar-refractivity contribution in [1.29, 1.82) is 5.26 Å². The number of rotatable bonds is 10. The predicted octanol–water partition coefficient (Wildman–Crippen LogP) is 14.1. The Morgan fingerprint density at radius 1 is 0.667 bits per heavy atom. The van der Waals surface area contributed by atoms with Gasteiger partial charge in [0.2, 0.25) is 0 Å². The molecule has 8 rings (SSSR count). The van der Waals surface area contributed by atoms with E-state index in [1.807, 2.05) is 5.57 Å².